The predicted molar refractivity (Wildman–Crippen MR) is 71.0 cm³/mol. The number of hydrogen-bond donors (Lipinski definition) is 0. The van der Waals surface area contributed by atoms with Crippen molar-refractivity contribution in [2.75, 3.05) is 6.61 Å². The third-order valence-electron chi connectivity index (χ3n) is 3.34. The van der Waals surface area contributed by atoms with E-state index in [9.17, 15) is 0 Å². The maximum absolute atomic E-state index is 5.81. The van der Waals surface area contributed by atoms with Gasteiger partial charge < -0.3 is 9.30 Å². The van der Waals surface area contributed by atoms with Crippen molar-refractivity contribution in [3.8, 4) is 0 Å². The summed E-state index contributed by atoms with van der Waals surface area (Å²) in [4.78, 5) is 4.49. The van der Waals surface area contributed by atoms with Crippen molar-refractivity contribution in [3.05, 3.63) is 28.5 Å². The molecule has 1 aromatic carbocycles. The Morgan fingerprint density at radius 1 is 1.41 bits per heavy atom. The highest BCUT2D eigenvalue weighted by atomic mass is 79.9. The van der Waals surface area contributed by atoms with Crippen LogP contribution in [0.4, 0.5) is 0 Å². The standard InChI is InChI=1S/C13H15BrN2O/c1-9-5-6-10-13(12(9)14)15-8-16(10)11-4-2-3-7-17-11/h5-6,8,11H,2-4,7H2,1H3. The molecule has 1 saturated heterocycles. The van der Waals surface area contributed by atoms with Gasteiger partial charge in [0.1, 0.15) is 11.7 Å². The molecule has 2 aromatic rings. The molecule has 0 amide bonds. The van der Waals surface area contributed by atoms with Gasteiger partial charge in [-0.15, -0.1) is 0 Å². The average Bonchev–Trinajstić information content (AvgIpc) is 2.79. The third kappa shape index (κ3) is 1.89. The summed E-state index contributed by atoms with van der Waals surface area (Å²) in [6, 6.07) is 4.24. The lowest BCUT2D eigenvalue weighted by Crippen LogP contribution is -2.17. The minimum atomic E-state index is 0.156. The summed E-state index contributed by atoms with van der Waals surface area (Å²) in [6.45, 7) is 2.94. The number of aromatic nitrogens is 2. The Labute approximate surface area is 109 Å². The monoisotopic (exact) mass is 294 g/mol. The molecule has 0 radical (unpaired) electrons. The van der Waals surface area contributed by atoms with Crippen LogP contribution in [0.15, 0.2) is 22.9 Å². The summed E-state index contributed by atoms with van der Waals surface area (Å²) in [5.74, 6) is 0. The van der Waals surface area contributed by atoms with Gasteiger partial charge in [-0.3, -0.25) is 0 Å². The van der Waals surface area contributed by atoms with Crippen LogP contribution in [0.2, 0.25) is 0 Å². The van der Waals surface area contributed by atoms with Gasteiger partial charge in [-0.25, -0.2) is 4.98 Å². The van der Waals surface area contributed by atoms with Crippen molar-refractivity contribution >= 4 is 27.0 Å². The Bertz CT molecular complexity index is 544. The molecule has 90 valence electrons. The van der Waals surface area contributed by atoms with Gasteiger partial charge in [0, 0.05) is 11.1 Å². The Hall–Kier alpha value is -0.870. The smallest absolute Gasteiger partial charge is 0.135 e. The number of ether oxygens (including phenoxy) is 1. The molecule has 1 atom stereocenters. The maximum atomic E-state index is 5.81. The Kier molecular flexibility index (Phi) is 2.92. The first-order valence-corrected chi connectivity index (χ1v) is 6.80. The highest BCUT2D eigenvalue weighted by Crippen LogP contribution is 2.30. The van der Waals surface area contributed by atoms with E-state index < -0.39 is 0 Å². The molecule has 4 heteroatoms. The zero-order chi connectivity index (χ0) is 11.8. The Morgan fingerprint density at radius 3 is 3.06 bits per heavy atom. The number of fused-ring (bicyclic) bond motifs is 1. The molecule has 3 nitrogen and oxygen atoms in total. The number of hydrogen-bond acceptors (Lipinski definition) is 2. The van der Waals surface area contributed by atoms with E-state index >= 15 is 0 Å². The molecule has 1 aromatic heterocycles. The fourth-order valence-electron chi connectivity index (χ4n) is 2.34. The molecule has 1 fully saturated rings. The number of aryl methyl sites for hydroxylation is 1. The summed E-state index contributed by atoms with van der Waals surface area (Å²) in [5, 5.41) is 0. The van der Waals surface area contributed by atoms with Crippen molar-refractivity contribution < 1.29 is 4.74 Å². The van der Waals surface area contributed by atoms with Crippen LogP contribution in [0.25, 0.3) is 11.0 Å². The first kappa shape index (κ1) is 11.2. The average molecular weight is 295 g/mol. The van der Waals surface area contributed by atoms with E-state index in [2.05, 4.69) is 44.5 Å². The van der Waals surface area contributed by atoms with E-state index in [0.29, 0.717) is 0 Å². The van der Waals surface area contributed by atoms with Gasteiger partial charge >= 0.3 is 0 Å². The van der Waals surface area contributed by atoms with Crippen molar-refractivity contribution in [1.29, 1.82) is 0 Å². The molecule has 2 heterocycles. The van der Waals surface area contributed by atoms with Gasteiger partial charge in [0.05, 0.1) is 11.8 Å². The Balaban J connectivity index is 2.08. The largest absolute Gasteiger partial charge is 0.358 e. The van der Waals surface area contributed by atoms with Crippen LogP contribution in [-0.4, -0.2) is 16.2 Å². The van der Waals surface area contributed by atoms with Crippen molar-refractivity contribution in [2.45, 2.75) is 32.4 Å². The van der Waals surface area contributed by atoms with Crippen LogP contribution >= 0.6 is 15.9 Å². The minimum Gasteiger partial charge on any atom is -0.358 e. The van der Waals surface area contributed by atoms with Crippen molar-refractivity contribution in [1.82, 2.24) is 9.55 Å². The van der Waals surface area contributed by atoms with Gasteiger partial charge in [-0.1, -0.05) is 6.07 Å². The fourth-order valence-corrected chi connectivity index (χ4v) is 2.78. The lowest BCUT2D eigenvalue weighted by Gasteiger charge is -2.24. The second kappa shape index (κ2) is 4.42. The third-order valence-corrected chi connectivity index (χ3v) is 4.34. The van der Waals surface area contributed by atoms with Crippen molar-refractivity contribution in [3.63, 3.8) is 0 Å². The highest BCUT2D eigenvalue weighted by molar-refractivity contribution is 9.10. The summed E-state index contributed by atoms with van der Waals surface area (Å²) in [6.07, 6.45) is 5.54. The summed E-state index contributed by atoms with van der Waals surface area (Å²) >= 11 is 3.60. The topological polar surface area (TPSA) is 27.1 Å². The highest BCUT2D eigenvalue weighted by Gasteiger charge is 2.18. The first-order chi connectivity index (χ1) is 8.27. The summed E-state index contributed by atoms with van der Waals surface area (Å²) in [7, 11) is 0. The molecule has 17 heavy (non-hydrogen) atoms. The molecule has 1 unspecified atom stereocenters. The molecule has 0 aliphatic carbocycles. The first-order valence-electron chi connectivity index (χ1n) is 6.00. The summed E-state index contributed by atoms with van der Waals surface area (Å²) in [5.41, 5.74) is 3.39. The predicted octanol–water partition coefficient (Wildman–Crippen LogP) is 3.81. The van der Waals surface area contributed by atoms with Crippen LogP contribution in [0.3, 0.4) is 0 Å². The van der Waals surface area contributed by atoms with E-state index in [0.717, 1.165) is 28.5 Å². The van der Waals surface area contributed by atoms with E-state index in [4.69, 9.17) is 4.74 Å². The minimum absolute atomic E-state index is 0.156. The SMILES string of the molecule is Cc1ccc2c(ncn2C2CCCCO2)c1Br. The zero-order valence-electron chi connectivity index (χ0n) is 9.82. The molecule has 0 saturated carbocycles. The van der Waals surface area contributed by atoms with Gasteiger partial charge in [0.25, 0.3) is 0 Å². The number of nitrogens with zero attached hydrogens (tertiary/aromatic N) is 2. The second-order valence-corrected chi connectivity index (χ2v) is 5.33. The van der Waals surface area contributed by atoms with Gasteiger partial charge in [-0.2, -0.15) is 0 Å². The van der Waals surface area contributed by atoms with Crippen LogP contribution < -0.4 is 0 Å². The maximum Gasteiger partial charge on any atom is 0.135 e. The Morgan fingerprint density at radius 2 is 2.29 bits per heavy atom. The van der Waals surface area contributed by atoms with E-state index in [1.807, 2.05) is 6.33 Å². The molecule has 0 bridgehead atoms. The van der Waals surface area contributed by atoms with Gasteiger partial charge in [0.2, 0.25) is 0 Å². The lowest BCUT2D eigenvalue weighted by molar-refractivity contribution is -0.0295. The number of imidazole rings is 1. The quantitative estimate of drug-likeness (QED) is 0.800. The fraction of sp³-hybridized carbons (Fsp3) is 0.462. The van der Waals surface area contributed by atoms with Crippen LogP contribution in [-0.2, 0) is 4.74 Å². The van der Waals surface area contributed by atoms with E-state index in [1.165, 1.54) is 18.4 Å². The second-order valence-electron chi connectivity index (χ2n) is 4.54. The molecule has 1 aliphatic heterocycles. The molecular weight excluding hydrogens is 280 g/mol. The molecule has 0 N–H and O–H groups in total. The van der Waals surface area contributed by atoms with Crippen molar-refractivity contribution in [2.24, 2.45) is 0 Å². The molecule has 3 rings (SSSR count). The number of rotatable bonds is 1. The molecular formula is C13H15BrN2O. The number of halogens is 1. The molecule has 1 aliphatic rings. The van der Waals surface area contributed by atoms with Crippen LogP contribution in [0, 0.1) is 6.92 Å². The van der Waals surface area contributed by atoms with Crippen LogP contribution in [0.5, 0.6) is 0 Å². The summed E-state index contributed by atoms with van der Waals surface area (Å²) < 4.78 is 9.05. The van der Waals surface area contributed by atoms with Gasteiger partial charge in [0.15, 0.2) is 0 Å². The van der Waals surface area contributed by atoms with Crippen LogP contribution in [0.1, 0.15) is 31.1 Å². The zero-order valence-corrected chi connectivity index (χ0v) is 11.4. The number of benzene rings is 1. The van der Waals surface area contributed by atoms with E-state index in [1.54, 1.807) is 0 Å². The van der Waals surface area contributed by atoms with E-state index in [-0.39, 0.29) is 6.23 Å². The lowest BCUT2D eigenvalue weighted by atomic mass is 10.1. The normalized spacial score (nSPS) is 20.9. The van der Waals surface area contributed by atoms with Gasteiger partial charge in [-0.05, 0) is 53.7 Å². The molecule has 0 spiro atoms.